The molecule has 0 bridgehead atoms. The van der Waals surface area contributed by atoms with Gasteiger partial charge in [-0.1, -0.05) is 23.5 Å². The molecule has 1 amide bonds. The van der Waals surface area contributed by atoms with Crippen molar-refractivity contribution in [1.29, 1.82) is 0 Å². The highest BCUT2D eigenvalue weighted by atomic mass is 32.1. The van der Waals surface area contributed by atoms with E-state index in [4.69, 9.17) is 4.74 Å². The number of hydrogen-bond donors (Lipinski definition) is 0. The molecule has 0 N–H and O–H groups in total. The Morgan fingerprint density at radius 3 is 3.04 bits per heavy atom. The number of aromatic nitrogens is 3. The van der Waals surface area contributed by atoms with Crippen LogP contribution in [-0.4, -0.2) is 39.7 Å². The SMILES string of the molecule is Cn1ccnc1C(=O)N(CC1CCCO1)c1nc2ccccc2s1. The minimum Gasteiger partial charge on any atom is -0.376 e. The molecule has 4 rings (SSSR count). The highest BCUT2D eigenvalue weighted by Crippen LogP contribution is 2.30. The molecule has 1 unspecified atom stereocenters. The van der Waals surface area contributed by atoms with Crippen LogP contribution in [0.1, 0.15) is 23.5 Å². The Hall–Kier alpha value is -2.25. The summed E-state index contributed by atoms with van der Waals surface area (Å²) in [6, 6.07) is 7.92. The summed E-state index contributed by atoms with van der Waals surface area (Å²) in [7, 11) is 1.82. The number of anilines is 1. The molecule has 1 fully saturated rings. The summed E-state index contributed by atoms with van der Waals surface area (Å²) in [5, 5.41) is 0.694. The number of fused-ring (bicyclic) bond motifs is 1. The van der Waals surface area contributed by atoms with Crippen molar-refractivity contribution in [2.75, 3.05) is 18.1 Å². The van der Waals surface area contributed by atoms with E-state index in [2.05, 4.69) is 9.97 Å². The zero-order valence-electron chi connectivity index (χ0n) is 13.4. The minimum absolute atomic E-state index is 0.0567. The first-order valence-electron chi connectivity index (χ1n) is 7.99. The Labute approximate surface area is 143 Å². The van der Waals surface area contributed by atoms with Crippen LogP contribution in [0.2, 0.25) is 0 Å². The molecule has 7 heteroatoms. The zero-order chi connectivity index (χ0) is 16.5. The van der Waals surface area contributed by atoms with Crippen LogP contribution in [0.3, 0.4) is 0 Å². The highest BCUT2D eigenvalue weighted by molar-refractivity contribution is 7.22. The molecule has 2 aromatic heterocycles. The summed E-state index contributed by atoms with van der Waals surface area (Å²) in [6.07, 6.45) is 5.47. The van der Waals surface area contributed by atoms with Crippen molar-refractivity contribution in [3.8, 4) is 0 Å². The van der Waals surface area contributed by atoms with Gasteiger partial charge >= 0.3 is 0 Å². The predicted molar refractivity (Wildman–Crippen MR) is 93.5 cm³/mol. The van der Waals surface area contributed by atoms with Gasteiger partial charge in [0, 0.05) is 26.0 Å². The fourth-order valence-corrected chi connectivity index (χ4v) is 3.88. The van der Waals surface area contributed by atoms with Crippen LogP contribution in [0.25, 0.3) is 10.2 Å². The summed E-state index contributed by atoms with van der Waals surface area (Å²) in [5.74, 6) is 0.268. The quantitative estimate of drug-likeness (QED) is 0.731. The van der Waals surface area contributed by atoms with Gasteiger partial charge in [-0.3, -0.25) is 9.69 Å². The summed E-state index contributed by atoms with van der Waals surface area (Å²) in [4.78, 5) is 23.6. The summed E-state index contributed by atoms with van der Waals surface area (Å²) in [6.45, 7) is 1.26. The van der Waals surface area contributed by atoms with E-state index >= 15 is 0 Å². The van der Waals surface area contributed by atoms with Gasteiger partial charge in [-0.25, -0.2) is 9.97 Å². The van der Waals surface area contributed by atoms with E-state index in [0.717, 1.165) is 29.7 Å². The molecule has 3 aromatic rings. The zero-order valence-corrected chi connectivity index (χ0v) is 14.2. The monoisotopic (exact) mass is 342 g/mol. The Balaban J connectivity index is 1.71. The number of imidazole rings is 1. The van der Waals surface area contributed by atoms with Gasteiger partial charge < -0.3 is 9.30 Å². The van der Waals surface area contributed by atoms with Crippen molar-refractivity contribution < 1.29 is 9.53 Å². The number of nitrogens with zero attached hydrogens (tertiary/aromatic N) is 4. The molecule has 1 saturated heterocycles. The van der Waals surface area contributed by atoms with Gasteiger partial charge in [0.15, 0.2) is 11.0 Å². The number of aryl methyl sites for hydroxylation is 1. The summed E-state index contributed by atoms with van der Waals surface area (Å²) >= 11 is 1.52. The Bertz CT molecular complexity index is 833. The van der Waals surface area contributed by atoms with E-state index in [-0.39, 0.29) is 12.0 Å². The number of para-hydroxylation sites is 1. The summed E-state index contributed by atoms with van der Waals surface area (Å²) in [5.41, 5.74) is 0.905. The predicted octanol–water partition coefficient (Wildman–Crippen LogP) is 2.86. The Kier molecular flexibility index (Phi) is 4.03. The molecule has 124 valence electrons. The van der Waals surface area contributed by atoms with Crippen molar-refractivity contribution in [2.24, 2.45) is 7.05 Å². The smallest absolute Gasteiger partial charge is 0.296 e. The van der Waals surface area contributed by atoms with Gasteiger partial charge in [0.25, 0.3) is 5.91 Å². The van der Waals surface area contributed by atoms with Crippen LogP contribution in [0.5, 0.6) is 0 Å². The van der Waals surface area contributed by atoms with E-state index in [9.17, 15) is 4.79 Å². The molecule has 0 aliphatic carbocycles. The third kappa shape index (κ3) is 2.81. The molecule has 0 saturated carbocycles. The van der Waals surface area contributed by atoms with Gasteiger partial charge in [0.2, 0.25) is 0 Å². The van der Waals surface area contributed by atoms with Crippen LogP contribution in [0.4, 0.5) is 5.13 Å². The average molecular weight is 342 g/mol. The van der Waals surface area contributed by atoms with Gasteiger partial charge in [-0.05, 0) is 25.0 Å². The molecular weight excluding hydrogens is 324 g/mol. The van der Waals surface area contributed by atoms with Crippen molar-refractivity contribution >= 4 is 32.6 Å². The molecule has 0 spiro atoms. The van der Waals surface area contributed by atoms with E-state index < -0.39 is 0 Å². The number of carbonyl (C=O) groups is 1. The van der Waals surface area contributed by atoms with Crippen LogP contribution < -0.4 is 4.90 Å². The van der Waals surface area contributed by atoms with Gasteiger partial charge in [-0.15, -0.1) is 0 Å². The third-order valence-corrected chi connectivity index (χ3v) is 5.24. The first kappa shape index (κ1) is 15.3. The van der Waals surface area contributed by atoms with Crippen molar-refractivity contribution in [1.82, 2.24) is 14.5 Å². The summed E-state index contributed by atoms with van der Waals surface area (Å²) < 4.78 is 8.53. The standard InChI is InChI=1S/C17H18N4O2S/c1-20-9-8-18-15(20)16(22)21(11-12-5-4-10-23-12)17-19-13-6-2-3-7-14(13)24-17/h2-3,6-9,12H,4-5,10-11H2,1H3. The fourth-order valence-electron chi connectivity index (χ4n) is 2.91. The number of hydrogen-bond acceptors (Lipinski definition) is 5. The van der Waals surface area contributed by atoms with E-state index in [1.165, 1.54) is 11.3 Å². The second-order valence-electron chi connectivity index (χ2n) is 5.88. The van der Waals surface area contributed by atoms with E-state index in [0.29, 0.717) is 17.5 Å². The molecule has 1 atom stereocenters. The van der Waals surface area contributed by atoms with Crippen molar-refractivity contribution in [3.63, 3.8) is 0 Å². The van der Waals surface area contributed by atoms with Gasteiger partial charge in [0.05, 0.1) is 22.9 Å². The van der Waals surface area contributed by atoms with Crippen LogP contribution in [0.15, 0.2) is 36.7 Å². The maximum absolute atomic E-state index is 13.0. The highest BCUT2D eigenvalue weighted by Gasteiger charge is 2.28. The second kappa shape index (κ2) is 6.33. The molecule has 1 aliphatic rings. The number of benzene rings is 1. The second-order valence-corrected chi connectivity index (χ2v) is 6.89. The normalized spacial score (nSPS) is 17.5. The lowest BCUT2D eigenvalue weighted by Crippen LogP contribution is -2.38. The molecule has 1 aromatic carbocycles. The van der Waals surface area contributed by atoms with Crippen molar-refractivity contribution in [3.05, 3.63) is 42.5 Å². The molecule has 3 heterocycles. The molecule has 1 aliphatic heterocycles. The lowest BCUT2D eigenvalue weighted by atomic mass is 10.2. The van der Waals surface area contributed by atoms with E-state index in [1.54, 1.807) is 21.9 Å². The van der Waals surface area contributed by atoms with Crippen molar-refractivity contribution in [2.45, 2.75) is 18.9 Å². The number of carbonyl (C=O) groups excluding carboxylic acids is 1. The topological polar surface area (TPSA) is 60.2 Å². The maximum atomic E-state index is 13.0. The average Bonchev–Trinajstić information content (AvgIpc) is 3.32. The number of ether oxygens (including phenoxy) is 1. The largest absolute Gasteiger partial charge is 0.376 e. The van der Waals surface area contributed by atoms with Crippen LogP contribution in [0, 0.1) is 0 Å². The van der Waals surface area contributed by atoms with Gasteiger partial charge in [0.1, 0.15) is 0 Å². The van der Waals surface area contributed by atoms with E-state index in [1.807, 2.05) is 31.3 Å². The lowest BCUT2D eigenvalue weighted by Gasteiger charge is -2.22. The molecular formula is C17H18N4O2S. The number of amides is 1. The number of thiazole rings is 1. The Morgan fingerprint density at radius 2 is 2.33 bits per heavy atom. The minimum atomic E-state index is -0.142. The Morgan fingerprint density at radius 1 is 1.46 bits per heavy atom. The fraction of sp³-hybridized carbons (Fsp3) is 0.353. The van der Waals surface area contributed by atoms with Crippen LogP contribution in [-0.2, 0) is 11.8 Å². The number of rotatable bonds is 4. The maximum Gasteiger partial charge on any atom is 0.296 e. The molecule has 6 nitrogen and oxygen atoms in total. The van der Waals surface area contributed by atoms with Gasteiger partial charge in [-0.2, -0.15) is 0 Å². The first-order chi connectivity index (χ1) is 11.7. The molecule has 0 radical (unpaired) electrons. The van der Waals surface area contributed by atoms with Crippen LogP contribution >= 0.6 is 11.3 Å². The molecule has 24 heavy (non-hydrogen) atoms. The third-order valence-electron chi connectivity index (χ3n) is 4.18. The lowest BCUT2D eigenvalue weighted by molar-refractivity contribution is 0.0906. The first-order valence-corrected chi connectivity index (χ1v) is 8.80.